The number of nitrogens with zero attached hydrogens (tertiary/aromatic N) is 1. The van der Waals surface area contributed by atoms with Gasteiger partial charge in [-0.05, 0) is 49.9 Å². The number of nitrogens with one attached hydrogen (secondary N) is 1. The maximum atomic E-state index is 11.7. The number of hydrogen-bond acceptors (Lipinski definition) is 3. The number of likely N-dealkylation sites (tertiary alicyclic amines) is 1. The van der Waals surface area contributed by atoms with Gasteiger partial charge < -0.3 is 11.1 Å². The zero-order valence-corrected chi connectivity index (χ0v) is 13.8. The first-order chi connectivity index (χ1) is 10.5. The minimum Gasteiger partial charge on any atom is -0.352 e. The van der Waals surface area contributed by atoms with Crippen molar-refractivity contribution in [1.29, 1.82) is 0 Å². The normalized spacial score (nSPS) is 18.1. The van der Waals surface area contributed by atoms with Crippen LogP contribution in [0.3, 0.4) is 0 Å². The van der Waals surface area contributed by atoms with E-state index in [9.17, 15) is 4.79 Å². The summed E-state index contributed by atoms with van der Waals surface area (Å²) in [6, 6.07) is 8.42. The molecule has 1 aliphatic heterocycles. The first kappa shape index (κ1) is 17.0. The number of hydrogen-bond donors (Lipinski definition) is 2. The van der Waals surface area contributed by atoms with Gasteiger partial charge in [0, 0.05) is 25.6 Å². The minimum absolute atomic E-state index is 0.0189. The average molecular weight is 303 g/mol. The molecule has 0 bridgehead atoms. The van der Waals surface area contributed by atoms with E-state index >= 15 is 0 Å². The van der Waals surface area contributed by atoms with E-state index in [2.05, 4.69) is 41.4 Å². The van der Waals surface area contributed by atoms with Crippen molar-refractivity contribution in [3.05, 3.63) is 35.4 Å². The number of piperidine rings is 1. The lowest BCUT2D eigenvalue weighted by Gasteiger charge is -2.30. The third-order valence-electron chi connectivity index (χ3n) is 4.27. The Morgan fingerprint density at radius 2 is 2.05 bits per heavy atom. The summed E-state index contributed by atoms with van der Waals surface area (Å²) < 4.78 is 0. The predicted octanol–water partition coefficient (Wildman–Crippen LogP) is 2.27. The van der Waals surface area contributed by atoms with Crippen LogP contribution in [0.4, 0.5) is 0 Å². The van der Waals surface area contributed by atoms with Gasteiger partial charge in [-0.2, -0.15) is 0 Å². The van der Waals surface area contributed by atoms with E-state index in [4.69, 9.17) is 5.73 Å². The molecule has 2 rings (SSSR count). The van der Waals surface area contributed by atoms with Crippen molar-refractivity contribution in [2.75, 3.05) is 13.1 Å². The van der Waals surface area contributed by atoms with Gasteiger partial charge in [-0.3, -0.25) is 9.69 Å². The summed E-state index contributed by atoms with van der Waals surface area (Å²) in [5.74, 6) is 0.883. The third-order valence-corrected chi connectivity index (χ3v) is 4.27. The Morgan fingerprint density at radius 3 is 2.73 bits per heavy atom. The average Bonchev–Trinajstić information content (AvgIpc) is 2.47. The van der Waals surface area contributed by atoms with Gasteiger partial charge in [0.25, 0.3) is 0 Å². The molecule has 4 nitrogen and oxygen atoms in total. The van der Waals surface area contributed by atoms with E-state index in [1.165, 1.54) is 31.5 Å². The van der Waals surface area contributed by atoms with E-state index < -0.39 is 0 Å². The molecule has 1 aromatic carbocycles. The molecular weight excluding hydrogens is 274 g/mol. The Balaban J connectivity index is 1.83. The molecule has 0 saturated carbocycles. The summed E-state index contributed by atoms with van der Waals surface area (Å²) in [6.45, 7) is 8.15. The van der Waals surface area contributed by atoms with Crippen LogP contribution < -0.4 is 11.1 Å². The standard InChI is InChI=1S/C18H29N3O/c1-14-6-8-21(9-7-14)13-17-5-3-4-16(11-17)12-20-18(22)10-15(2)19/h3-5,11,14-15H,6-10,12-13,19H2,1-2H3,(H,20,22). The van der Waals surface area contributed by atoms with Gasteiger partial charge in [0.05, 0.1) is 0 Å². The fourth-order valence-corrected chi connectivity index (χ4v) is 2.88. The predicted molar refractivity (Wildman–Crippen MR) is 90.2 cm³/mol. The maximum Gasteiger partial charge on any atom is 0.221 e. The zero-order chi connectivity index (χ0) is 15.9. The molecule has 3 N–H and O–H groups in total. The minimum atomic E-state index is -0.0900. The Labute approximate surface area is 134 Å². The molecule has 1 aromatic rings. The number of carbonyl (C=O) groups excluding carboxylic acids is 1. The summed E-state index contributed by atoms with van der Waals surface area (Å²) in [5.41, 5.74) is 8.11. The maximum absolute atomic E-state index is 11.7. The number of amides is 1. The highest BCUT2D eigenvalue weighted by atomic mass is 16.1. The fourth-order valence-electron chi connectivity index (χ4n) is 2.88. The van der Waals surface area contributed by atoms with Crippen LogP contribution in [0.1, 0.15) is 44.2 Å². The Morgan fingerprint density at radius 1 is 1.36 bits per heavy atom. The summed E-state index contributed by atoms with van der Waals surface area (Å²) in [4.78, 5) is 14.2. The largest absolute Gasteiger partial charge is 0.352 e. The summed E-state index contributed by atoms with van der Waals surface area (Å²) in [5, 5.41) is 2.93. The van der Waals surface area contributed by atoms with E-state index in [0.717, 1.165) is 18.0 Å². The molecule has 1 amide bonds. The smallest absolute Gasteiger partial charge is 0.221 e. The van der Waals surface area contributed by atoms with Crippen molar-refractivity contribution in [3.63, 3.8) is 0 Å². The lowest BCUT2D eigenvalue weighted by Crippen LogP contribution is -2.32. The molecule has 1 fully saturated rings. The molecule has 4 heteroatoms. The number of rotatable bonds is 6. The Bertz CT molecular complexity index is 479. The van der Waals surface area contributed by atoms with Crippen LogP contribution in [0.2, 0.25) is 0 Å². The third kappa shape index (κ3) is 5.78. The molecule has 0 aliphatic carbocycles. The summed E-state index contributed by atoms with van der Waals surface area (Å²) in [6.07, 6.45) is 2.98. The van der Waals surface area contributed by atoms with E-state index in [1.54, 1.807) is 0 Å². The first-order valence-corrected chi connectivity index (χ1v) is 8.35. The molecule has 0 spiro atoms. The van der Waals surface area contributed by atoms with Crippen molar-refractivity contribution in [2.45, 2.75) is 52.2 Å². The highest BCUT2D eigenvalue weighted by molar-refractivity contribution is 5.76. The SMILES string of the molecule is CC(N)CC(=O)NCc1cccc(CN2CCC(C)CC2)c1. The summed E-state index contributed by atoms with van der Waals surface area (Å²) >= 11 is 0. The van der Waals surface area contributed by atoms with Gasteiger partial charge in [0.2, 0.25) is 5.91 Å². The van der Waals surface area contributed by atoms with Crippen molar-refractivity contribution in [3.8, 4) is 0 Å². The first-order valence-electron chi connectivity index (χ1n) is 8.35. The molecule has 122 valence electrons. The van der Waals surface area contributed by atoms with Crippen LogP contribution in [-0.4, -0.2) is 29.9 Å². The van der Waals surface area contributed by atoms with Crippen LogP contribution in [0.15, 0.2) is 24.3 Å². The molecule has 0 radical (unpaired) electrons. The van der Waals surface area contributed by atoms with Gasteiger partial charge in [0.15, 0.2) is 0 Å². The number of nitrogens with two attached hydrogens (primary N) is 1. The highest BCUT2D eigenvalue weighted by Gasteiger charge is 2.15. The second kappa shape index (κ2) is 8.30. The zero-order valence-electron chi connectivity index (χ0n) is 13.8. The number of carbonyl (C=O) groups is 1. The van der Waals surface area contributed by atoms with Gasteiger partial charge >= 0.3 is 0 Å². The van der Waals surface area contributed by atoms with Crippen LogP contribution in [0, 0.1) is 5.92 Å². The van der Waals surface area contributed by atoms with E-state index in [0.29, 0.717) is 13.0 Å². The lowest BCUT2D eigenvalue weighted by atomic mass is 9.98. The summed E-state index contributed by atoms with van der Waals surface area (Å²) in [7, 11) is 0. The fraction of sp³-hybridized carbons (Fsp3) is 0.611. The van der Waals surface area contributed by atoms with Crippen molar-refractivity contribution < 1.29 is 4.79 Å². The monoisotopic (exact) mass is 303 g/mol. The van der Waals surface area contributed by atoms with Gasteiger partial charge in [-0.25, -0.2) is 0 Å². The van der Waals surface area contributed by atoms with Crippen LogP contribution in [0.5, 0.6) is 0 Å². The molecule has 1 saturated heterocycles. The molecular formula is C18H29N3O. The lowest BCUT2D eigenvalue weighted by molar-refractivity contribution is -0.121. The van der Waals surface area contributed by atoms with Crippen LogP contribution in [-0.2, 0) is 17.9 Å². The molecule has 1 unspecified atom stereocenters. The van der Waals surface area contributed by atoms with E-state index in [-0.39, 0.29) is 11.9 Å². The second-order valence-corrected chi connectivity index (χ2v) is 6.74. The van der Waals surface area contributed by atoms with Crippen molar-refractivity contribution >= 4 is 5.91 Å². The quantitative estimate of drug-likeness (QED) is 0.847. The van der Waals surface area contributed by atoms with Crippen LogP contribution in [0.25, 0.3) is 0 Å². The van der Waals surface area contributed by atoms with Crippen LogP contribution >= 0.6 is 0 Å². The van der Waals surface area contributed by atoms with Gasteiger partial charge in [0.1, 0.15) is 0 Å². The van der Waals surface area contributed by atoms with Gasteiger partial charge in [-0.15, -0.1) is 0 Å². The van der Waals surface area contributed by atoms with Gasteiger partial charge in [-0.1, -0.05) is 31.2 Å². The van der Waals surface area contributed by atoms with Crippen molar-refractivity contribution in [1.82, 2.24) is 10.2 Å². The molecule has 1 heterocycles. The van der Waals surface area contributed by atoms with E-state index in [1.807, 2.05) is 6.92 Å². The molecule has 1 atom stereocenters. The topological polar surface area (TPSA) is 58.4 Å². The highest BCUT2D eigenvalue weighted by Crippen LogP contribution is 2.18. The Hall–Kier alpha value is -1.39. The van der Waals surface area contributed by atoms with Crippen molar-refractivity contribution in [2.24, 2.45) is 11.7 Å². The number of benzene rings is 1. The molecule has 0 aromatic heterocycles. The molecule has 22 heavy (non-hydrogen) atoms. The second-order valence-electron chi connectivity index (χ2n) is 6.74. The molecule has 1 aliphatic rings. The Kier molecular flexibility index (Phi) is 6.40.